The second-order valence-electron chi connectivity index (χ2n) is 4.68. The molecule has 0 aromatic heterocycles. The van der Waals surface area contributed by atoms with Gasteiger partial charge >= 0.3 is 0 Å². The molecule has 0 radical (unpaired) electrons. The predicted molar refractivity (Wildman–Crippen MR) is 83.0 cm³/mol. The number of carboxylic acid groups (broad SMARTS) is 2. The molecule has 6 heteroatoms. The highest BCUT2D eigenvalue weighted by atomic mass is 79.9. The number of nitrogens with one attached hydrogen (secondary N) is 1. The second-order valence-corrected chi connectivity index (χ2v) is 4.68. The average molecular weight is 373 g/mol. The van der Waals surface area contributed by atoms with Gasteiger partial charge in [0.25, 0.3) is 0 Å². The van der Waals surface area contributed by atoms with Gasteiger partial charge in [0.2, 0.25) is 6.16 Å². The Morgan fingerprint density at radius 1 is 0.857 bits per heavy atom. The molecule has 0 bridgehead atoms. The van der Waals surface area contributed by atoms with Gasteiger partial charge in [-0.2, -0.15) is 0 Å². The van der Waals surface area contributed by atoms with E-state index in [0.717, 1.165) is 0 Å². The molecule has 0 heterocycles. The maximum absolute atomic E-state index is 8.44. The summed E-state index contributed by atoms with van der Waals surface area (Å²) < 4.78 is 1.28. The van der Waals surface area contributed by atoms with Crippen molar-refractivity contribution in [2.24, 2.45) is 0 Å². The number of halogens is 1. The van der Waals surface area contributed by atoms with Crippen molar-refractivity contribution in [1.82, 2.24) is 0 Å². The summed E-state index contributed by atoms with van der Waals surface area (Å²) >= 11 is 0. The topological polar surface area (TPSA) is 64.8 Å². The van der Waals surface area contributed by atoms with Crippen LogP contribution in [-0.4, -0.2) is 61.6 Å². The van der Waals surface area contributed by atoms with Gasteiger partial charge in [0.15, 0.2) is 0 Å². The number of quaternary nitrogens is 2. The van der Waals surface area contributed by atoms with Crippen LogP contribution in [0.5, 0.6) is 0 Å². The Labute approximate surface area is 142 Å². The van der Waals surface area contributed by atoms with E-state index in [1.165, 1.54) is 50.3 Å². The van der Waals surface area contributed by atoms with E-state index in [1.54, 1.807) is 4.90 Å². The van der Waals surface area contributed by atoms with Crippen LogP contribution >= 0.6 is 0 Å². The van der Waals surface area contributed by atoms with E-state index in [9.17, 15) is 0 Å². The van der Waals surface area contributed by atoms with Crippen LogP contribution in [0.15, 0.2) is 0 Å². The smallest absolute Gasteiger partial charge is 0.249 e. The van der Waals surface area contributed by atoms with Crippen LogP contribution in [0.2, 0.25) is 0 Å². The fourth-order valence-corrected chi connectivity index (χ4v) is 2.09. The van der Waals surface area contributed by atoms with Crippen molar-refractivity contribution in [3.63, 3.8) is 0 Å². The summed E-state index contributed by atoms with van der Waals surface area (Å²) in [5, 5.41) is 15.3. The fourth-order valence-electron chi connectivity index (χ4n) is 2.09. The van der Waals surface area contributed by atoms with Gasteiger partial charge in [-0.25, -0.2) is 0 Å². The number of rotatable bonds is 7. The van der Waals surface area contributed by atoms with Crippen molar-refractivity contribution in [1.29, 1.82) is 0 Å². The van der Waals surface area contributed by atoms with Gasteiger partial charge < -0.3 is 41.4 Å². The van der Waals surface area contributed by atoms with Crippen LogP contribution in [0.3, 0.4) is 0 Å². The maximum atomic E-state index is 8.44. The van der Waals surface area contributed by atoms with E-state index in [4.69, 9.17) is 15.0 Å². The van der Waals surface area contributed by atoms with Gasteiger partial charge in [-0.1, -0.05) is 0 Å². The van der Waals surface area contributed by atoms with Crippen molar-refractivity contribution < 1.29 is 41.4 Å². The Balaban J connectivity index is -0.000000108. The van der Waals surface area contributed by atoms with Gasteiger partial charge in [0, 0.05) is 0 Å². The normalized spacial score (nSPS) is 9.71. The molecule has 0 saturated carbocycles. The SMILES string of the molecule is CC[N+](CC)(CC)CC.CC[NH+](CC)CC.O=C([O-])O.[Br-]. The van der Waals surface area contributed by atoms with Crippen LogP contribution in [0.1, 0.15) is 48.5 Å². The minimum Gasteiger partial charge on any atom is -1.00 e. The lowest BCUT2D eigenvalue weighted by Gasteiger charge is -2.34. The highest BCUT2D eigenvalue weighted by Crippen LogP contribution is 2.03. The van der Waals surface area contributed by atoms with E-state index in [0.29, 0.717) is 0 Å². The highest BCUT2D eigenvalue weighted by Gasteiger charge is 2.16. The highest BCUT2D eigenvalue weighted by molar-refractivity contribution is 5.50. The van der Waals surface area contributed by atoms with Crippen molar-refractivity contribution in [2.75, 3.05) is 45.8 Å². The summed E-state index contributed by atoms with van der Waals surface area (Å²) in [5.74, 6) is 0. The molecule has 21 heavy (non-hydrogen) atoms. The van der Waals surface area contributed by atoms with E-state index < -0.39 is 6.16 Å². The maximum Gasteiger partial charge on any atom is 0.249 e. The summed E-state index contributed by atoms with van der Waals surface area (Å²) in [5.41, 5.74) is 0. The van der Waals surface area contributed by atoms with Crippen molar-refractivity contribution in [3.05, 3.63) is 0 Å². The molecule has 0 aliphatic rings. The zero-order valence-electron chi connectivity index (χ0n) is 15.0. The van der Waals surface area contributed by atoms with Crippen LogP contribution in [0.4, 0.5) is 4.79 Å². The Morgan fingerprint density at radius 2 is 1.05 bits per heavy atom. The number of hydrogen-bond acceptors (Lipinski definition) is 2. The molecule has 0 aromatic carbocycles. The largest absolute Gasteiger partial charge is 1.00 e. The molecule has 0 unspecified atom stereocenters. The molecule has 2 N–H and O–H groups in total. The molecule has 0 aliphatic carbocycles. The first kappa shape index (κ1) is 28.8. The quantitative estimate of drug-likeness (QED) is 0.494. The Bertz CT molecular complexity index is 182. The van der Waals surface area contributed by atoms with Crippen LogP contribution < -0.4 is 27.0 Å². The molecule has 0 spiro atoms. The van der Waals surface area contributed by atoms with Gasteiger partial charge in [0.05, 0.1) is 45.8 Å². The van der Waals surface area contributed by atoms with Gasteiger partial charge in [-0.15, -0.1) is 0 Å². The summed E-state index contributed by atoms with van der Waals surface area (Å²) in [6.07, 6.45) is -2.08. The third-order valence-corrected chi connectivity index (χ3v) is 4.18. The molecular formula is C15H37BrN2O3. The van der Waals surface area contributed by atoms with Crippen molar-refractivity contribution >= 4 is 6.16 Å². The fraction of sp³-hybridized carbons (Fsp3) is 0.933. The number of carbonyl (C=O) groups is 1. The summed E-state index contributed by atoms with van der Waals surface area (Å²) in [4.78, 5) is 10.1. The third-order valence-electron chi connectivity index (χ3n) is 4.18. The Morgan fingerprint density at radius 3 is 1.05 bits per heavy atom. The Kier molecular flexibility index (Phi) is 27.0. The van der Waals surface area contributed by atoms with E-state index >= 15 is 0 Å². The monoisotopic (exact) mass is 372 g/mol. The third kappa shape index (κ3) is 19.7. The lowest BCUT2D eigenvalue weighted by Crippen LogP contribution is -3.11. The molecular weight excluding hydrogens is 336 g/mol. The predicted octanol–water partition coefficient (Wildman–Crippen LogP) is -2.29. The van der Waals surface area contributed by atoms with Crippen LogP contribution in [0, 0.1) is 0 Å². The molecule has 0 saturated heterocycles. The molecule has 0 aliphatic heterocycles. The molecule has 0 rings (SSSR count). The first-order valence-electron chi connectivity index (χ1n) is 7.91. The number of hydrogen-bond donors (Lipinski definition) is 2. The molecule has 0 amide bonds. The molecule has 0 fully saturated rings. The zero-order valence-corrected chi connectivity index (χ0v) is 16.6. The summed E-state index contributed by atoms with van der Waals surface area (Å²) in [7, 11) is 0. The lowest BCUT2D eigenvalue weighted by molar-refractivity contribution is -0.921. The average Bonchev–Trinajstić information content (AvgIpc) is 2.44. The van der Waals surface area contributed by atoms with Gasteiger partial charge in [0.1, 0.15) is 0 Å². The van der Waals surface area contributed by atoms with Crippen molar-refractivity contribution in [3.8, 4) is 0 Å². The minimum atomic E-state index is -2.08. The molecule has 132 valence electrons. The standard InChI is InChI=1S/C8H20N.C6H15N.CH2O3.BrH/c1-5-9(6-2,7-3)8-4;1-4-7(5-2)6-3;2-1(3)4;/h5-8H2,1-4H3;4-6H2,1-3H3;(H2,2,3,4);1H/q+1;;;/p-1. The van der Waals surface area contributed by atoms with Gasteiger partial charge in [-0.05, 0) is 48.5 Å². The lowest BCUT2D eigenvalue weighted by atomic mass is 10.3. The van der Waals surface area contributed by atoms with Crippen molar-refractivity contribution in [2.45, 2.75) is 48.5 Å². The number of nitrogens with zero attached hydrogens (tertiary/aromatic N) is 1. The van der Waals surface area contributed by atoms with Gasteiger partial charge in [-0.3, -0.25) is 0 Å². The first-order chi connectivity index (χ1) is 9.32. The van der Waals surface area contributed by atoms with Crippen LogP contribution in [0.25, 0.3) is 0 Å². The Hall–Kier alpha value is -0.330. The first-order valence-corrected chi connectivity index (χ1v) is 7.91. The zero-order chi connectivity index (χ0) is 16.6. The molecule has 0 atom stereocenters. The molecule has 0 aromatic rings. The summed E-state index contributed by atoms with van der Waals surface area (Å²) in [6, 6.07) is 0. The molecule has 5 nitrogen and oxygen atoms in total. The minimum absolute atomic E-state index is 0. The van der Waals surface area contributed by atoms with Crippen LogP contribution in [-0.2, 0) is 0 Å². The van der Waals surface area contributed by atoms with E-state index in [1.807, 2.05) is 0 Å². The van der Waals surface area contributed by atoms with E-state index in [-0.39, 0.29) is 17.0 Å². The van der Waals surface area contributed by atoms with E-state index in [2.05, 4.69) is 48.5 Å². The summed E-state index contributed by atoms with van der Waals surface area (Å²) in [6.45, 7) is 24.7. The second kappa shape index (κ2) is 19.7.